The molecule has 1 N–H and O–H groups in total. The lowest BCUT2D eigenvalue weighted by molar-refractivity contribution is 0.371. The summed E-state index contributed by atoms with van der Waals surface area (Å²) in [5.74, 6) is 1.69. The molecule has 3 heteroatoms. The molecule has 2 nitrogen and oxygen atoms in total. The fourth-order valence-electron chi connectivity index (χ4n) is 5.17. The lowest BCUT2D eigenvalue weighted by Gasteiger charge is -2.30. The van der Waals surface area contributed by atoms with Gasteiger partial charge in [-0.1, -0.05) is 116 Å². The second kappa shape index (κ2) is 13.8. The molecular weight excluding hydrogens is 456 g/mol. The molecule has 36 heavy (non-hydrogen) atoms. The van der Waals surface area contributed by atoms with Crippen LogP contribution in [-0.2, 0) is 0 Å². The van der Waals surface area contributed by atoms with E-state index in [1.54, 1.807) is 0 Å². The van der Waals surface area contributed by atoms with Gasteiger partial charge < -0.3 is 5.32 Å². The maximum Gasteiger partial charge on any atom is 0.116 e. The van der Waals surface area contributed by atoms with E-state index in [9.17, 15) is 0 Å². The second-order valence-electron chi connectivity index (χ2n) is 10.3. The van der Waals surface area contributed by atoms with Crippen molar-refractivity contribution >= 4 is 22.1 Å². The molecule has 3 aromatic rings. The topological polar surface area (TPSA) is 24.9 Å². The Kier molecular flexibility index (Phi) is 10.8. The highest BCUT2D eigenvalue weighted by Gasteiger charge is 2.27. The number of nitrogens with zero attached hydrogens (tertiary/aromatic N) is 1. The molecule has 1 aliphatic carbocycles. The van der Waals surface area contributed by atoms with Crippen LogP contribution in [0.2, 0.25) is 0 Å². The molecule has 0 saturated carbocycles. The highest BCUT2D eigenvalue weighted by molar-refractivity contribution is 7.10. The number of fused-ring (bicyclic) bond motifs is 1. The monoisotopic (exact) mass is 502 g/mol. The molecule has 194 valence electrons. The summed E-state index contributed by atoms with van der Waals surface area (Å²) >= 11 is 1.81. The number of nitrogens with one attached hydrogen (secondary N) is 1. The number of hydrogen-bond acceptors (Lipinski definition) is 3. The minimum Gasteiger partial charge on any atom is -0.379 e. The van der Waals surface area contributed by atoms with Crippen molar-refractivity contribution in [1.29, 1.82) is 0 Å². The van der Waals surface area contributed by atoms with Gasteiger partial charge in [0, 0.05) is 22.6 Å². The first-order valence-electron chi connectivity index (χ1n) is 14.1. The van der Waals surface area contributed by atoms with E-state index in [0.717, 1.165) is 18.5 Å². The third-order valence-electron chi connectivity index (χ3n) is 7.11. The number of hydrogen-bond donors (Lipinski definition) is 1. The van der Waals surface area contributed by atoms with Crippen molar-refractivity contribution in [3.63, 3.8) is 0 Å². The maximum atomic E-state index is 5.23. The highest BCUT2D eigenvalue weighted by Crippen LogP contribution is 2.37. The molecule has 0 aliphatic heterocycles. The summed E-state index contributed by atoms with van der Waals surface area (Å²) in [6.07, 6.45) is 10.6. The van der Waals surface area contributed by atoms with E-state index >= 15 is 0 Å². The Hall–Kier alpha value is -2.39. The van der Waals surface area contributed by atoms with Crippen LogP contribution in [0.15, 0.2) is 71.3 Å². The molecule has 2 aromatic carbocycles. The molecule has 2 unspecified atom stereocenters. The number of benzene rings is 2. The average Bonchev–Trinajstić information content (AvgIpc) is 3.27. The van der Waals surface area contributed by atoms with Crippen LogP contribution in [0.25, 0.3) is 22.0 Å². The minimum atomic E-state index is 0.255. The predicted octanol–water partition coefficient (Wildman–Crippen LogP) is 10.3. The molecule has 1 aliphatic rings. The van der Waals surface area contributed by atoms with Crippen molar-refractivity contribution in [3.8, 4) is 11.3 Å². The molecule has 0 fully saturated rings. The summed E-state index contributed by atoms with van der Waals surface area (Å²) in [4.78, 5) is 5.23. The Morgan fingerprint density at radius 2 is 1.78 bits per heavy atom. The minimum absolute atomic E-state index is 0.255. The van der Waals surface area contributed by atoms with Crippen LogP contribution >= 0.6 is 11.3 Å². The Morgan fingerprint density at radius 3 is 2.50 bits per heavy atom. The van der Waals surface area contributed by atoms with E-state index < -0.39 is 0 Å². The molecular formula is C33H46N2S. The van der Waals surface area contributed by atoms with Gasteiger partial charge in [0.25, 0.3) is 0 Å². The van der Waals surface area contributed by atoms with Gasteiger partial charge in [0.1, 0.15) is 5.01 Å². The summed E-state index contributed by atoms with van der Waals surface area (Å²) in [7, 11) is 0. The van der Waals surface area contributed by atoms with Crippen molar-refractivity contribution < 1.29 is 0 Å². The van der Waals surface area contributed by atoms with Gasteiger partial charge in [-0.25, -0.2) is 4.98 Å². The smallest absolute Gasteiger partial charge is 0.116 e. The van der Waals surface area contributed by atoms with Gasteiger partial charge in [-0.3, -0.25) is 0 Å². The fourth-order valence-corrected chi connectivity index (χ4v) is 6.07. The van der Waals surface area contributed by atoms with Crippen molar-refractivity contribution in [2.24, 2.45) is 17.8 Å². The van der Waals surface area contributed by atoms with Crippen LogP contribution in [0.4, 0.5) is 0 Å². The van der Waals surface area contributed by atoms with Crippen LogP contribution in [0.5, 0.6) is 0 Å². The van der Waals surface area contributed by atoms with Gasteiger partial charge in [-0.2, -0.15) is 0 Å². The van der Waals surface area contributed by atoms with E-state index in [0.29, 0.717) is 17.8 Å². The fraction of sp³-hybridized carbons (Fsp3) is 0.485. The van der Waals surface area contributed by atoms with E-state index in [2.05, 4.69) is 99.9 Å². The average molecular weight is 503 g/mol. The molecule has 4 rings (SSSR count). The number of unbranched alkanes of at least 4 members (excludes halogenated alkanes) is 1. The van der Waals surface area contributed by atoms with Crippen molar-refractivity contribution in [1.82, 2.24) is 10.3 Å². The molecule has 1 aromatic heterocycles. The first kappa shape index (κ1) is 28.2. The zero-order valence-electron chi connectivity index (χ0n) is 23.5. The molecule has 1 heterocycles. The predicted molar refractivity (Wildman–Crippen MR) is 160 cm³/mol. The first-order valence-corrected chi connectivity index (χ1v) is 15.0. The van der Waals surface area contributed by atoms with Crippen LogP contribution < -0.4 is 5.32 Å². The van der Waals surface area contributed by atoms with Crippen molar-refractivity contribution in [3.05, 3.63) is 76.3 Å². The van der Waals surface area contributed by atoms with Gasteiger partial charge in [0.2, 0.25) is 0 Å². The zero-order chi connectivity index (χ0) is 26.1. The molecule has 0 spiro atoms. The van der Waals surface area contributed by atoms with Crippen LogP contribution in [0.1, 0.15) is 91.6 Å². The summed E-state index contributed by atoms with van der Waals surface area (Å²) < 4.78 is 0. The van der Waals surface area contributed by atoms with Gasteiger partial charge in [-0.05, 0) is 47.4 Å². The maximum absolute atomic E-state index is 5.23. The summed E-state index contributed by atoms with van der Waals surface area (Å²) in [5.41, 5.74) is 5.26. The van der Waals surface area contributed by atoms with Crippen molar-refractivity contribution in [2.45, 2.75) is 86.6 Å². The SMILES string of the molecule is CC.CCCCC(NC1=C(C(C)C)C=CCCC1C(C)C)c1nc(-c2cccc3ccccc23)cs1. The Balaban J connectivity index is 0.00000176. The number of thiazole rings is 1. The second-order valence-corrected chi connectivity index (χ2v) is 11.2. The van der Waals surface area contributed by atoms with Gasteiger partial charge in [0.05, 0.1) is 11.7 Å². The first-order chi connectivity index (χ1) is 17.5. The largest absolute Gasteiger partial charge is 0.379 e. The van der Waals surface area contributed by atoms with E-state index in [4.69, 9.17) is 4.98 Å². The van der Waals surface area contributed by atoms with Crippen LogP contribution in [-0.4, -0.2) is 4.98 Å². The lowest BCUT2D eigenvalue weighted by atomic mass is 9.85. The van der Waals surface area contributed by atoms with Gasteiger partial charge in [0.15, 0.2) is 0 Å². The van der Waals surface area contributed by atoms with Gasteiger partial charge in [-0.15, -0.1) is 11.3 Å². The zero-order valence-corrected chi connectivity index (χ0v) is 24.3. The van der Waals surface area contributed by atoms with Gasteiger partial charge >= 0.3 is 0 Å². The number of allylic oxidation sites excluding steroid dienone is 4. The lowest BCUT2D eigenvalue weighted by Crippen LogP contribution is -2.29. The summed E-state index contributed by atoms with van der Waals surface area (Å²) in [5, 5.41) is 10.1. The molecule has 0 saturated heterocycles. The van der Waals surface area contributed by atoms with Crippen molar-refractivity contribution in [2.75, 3.05) is 0 Å². The summed E-state index contributed by atoms with van der Waals surface area (Å²) in [6.45, 7) is 15.7. The molecule has 0 bridgehead atoms. The molecule has 0 amide bonds. The Labute approximate surface area is 223 Å². The normalized spacial score (nSPS) is 16.8. The highest BCUT2D eigenvalue weighted by atomic mass is 32.1. The van der Waals surface area contributed by atoms with E-state index in [1.807, 2.05) is 25.2 Å². The van der Waals surface area contributed by atoms with Crippen LogP contribution in [0, 0.1) is 17.8 Å². The quantitative estimate of drug-likeness (QED) is 0.315. The summed E-state index contributed by atoms with van der Waals surface area (Å²) in [6, 6.07) is 15.4. The third kappa shape index (κ3) is 6.68. The van der Waals surface area contributed by atoms with E-state index in [-0.39, 0.29) is 6.04 Å². The molecule has 0 radical (unpaired) electrons. The Morgan fingerprint density at radius 1 is 1.03 bits per heavy atom. The Bertz CT molecular complexity index is 1150. The standard InChI is InChI=1S/C31H40N2S.C2H6/c1-6-7-19-28(32-30-24(21(2)3)15-10-11-16-25(30)22(4)5)31-33-29(20-34-31)27-18-12-14-23-13-8-9-17-26(23)27;1-2/h8-10,12-15,17-18,20-22,25,28,32H,6-7,11,16,19H2,1-5H3;1-2H3. The third-order valence-corrected chi connectivity index (χ3v) is 8.07. The van der Waals surface area contributed by atoms with E-state index in [1.165, 1.54) is 51.9 Å². The molecule has 2 atom stereocenters. The number of rotatable bonds is 9. The number of aromatic nitrogens is 1. The van der Waals surface area contributed by atoms with Crippen LogP contribution in [0.3, 0.4) is 0 Å².